The van der Waals surface area contributed by atoms with Crippen LogP contribution in [-0.4, -0.2) is 55.5 Å². The lowest BCUT2D eigenvalue weighted by Crippen LogP contribution is -2.49. The quantitative estimate of drug-likeness (QED) is 0.531. The van der Waals surface area contributed by atoms with E-state index in [4.69, 9.17) is 4.42 Å². The summed E-state index contributed by atoms with van der Waals surface area (Å²) in [5.41, 5.74) is -0.242. The van der Waals surface area contributed by atoms with E-state index in [0.29, 0.717) is 12.5 Å². The van der Waals surface area contributed by atoms with Crippen molar-refractivity contribution in [2.24, 2.45) is 4.99 Å². The summed E-state index contributed by atoms with van der Waals surface area (Å²) in [6, 6.07) is 4.11. The first-order chi connectivity index (χ1) is 12.4. The first-order valence-corrected chi connectivity index (χ1v) is 9.42. The lowest BCUT2D eigenvalue weighted by Gasteiger charge is -2.33. The Balaban J connectivity index is 1.88. The van der Waals surface area contributed by atoms with Crippen LogP contribution >= 0.6 is 0 Å². The molecule has 2 rings (SSSR count). The Morgan fingerprint density at radius 2 is 2.00 bits per heavy atom. The highest BCUT2D eigenvalue weighted by Gasteiger charge is 2.24. The van der Waals surface area contributed by atoms with Crippen LogP contribution in [0.5, 0.6) is 0 Å². The van der Waals surface area contributed by atoms with Gasteiger partial charge in [-0.1, -0.05) is 6.42 Å². The number of nitrogens with one attached hydrogen (secondary N) is 3. The van der Waals surface area contributed by atoms with Crippen molar-refractivity contribution in [3.05, 3.63) is 24.2 Å². The van der Waals surface area contributed by atoms with Crippen LogP contribution in [0.2, 0.25) is 0 Å². The molecule has 0 aliphatic carbocycles. The number of rotatable bonds is 6. The van der Waals surface area contributed by atoms with Crippen molar-refractivity contribution in [2.75, 3.05) is 33.2 Å². The Morgan fingerprint density at radius 3 is 2.58 bits per heavy atom. The molecule has 7 heteroatoms. The van der Waals surface area contributed by atoms with Gasteiger partial charge in [-0.05, 0) is 58.8 Å². The largest absolute Gasteiger partial charge is 0.468 e. The maximum atomic E-state index is 12.0. The second-order valence-electron chi connectivity index (χ2n) is 7.73. The summed E-state index contributed by atoms with van der Waals surface area (Å²) in [6.45, 7) is 8.90. The number of carbonyl (C=O) groups excluding carboxylic acids is 1. The van der Waals surface area contributed by atoms with Crippen molar-refractivity contribution >= 4 is 11.9 Å². The molecule has 1 unspecified atom stereocenters. The van der Waals surface area contributed by atoms with E-state index in [1.54, 1.807) is 13.3 Å². The van der Waals surface area contributed by atoms with Crippen molar-refractivity contribution < 1.29 is 9.21 Å². The van der Waals surface area contributed by atoms with E-state index < -0.39 is 0 Å². The third-order valence-electron chi connectivity index (χ3n) is 4.32. The molecule has 1 saturated heterocycles. The number of amides is 1. The van der Waals surface area contributed by atoms with Gasteiger partial charge in [0.05, 0.1) is 18.8 Å². The molecule has 1 atom stereocenters. The molecule has 1 amide bonds. The van der Waals surface area contributed by atoms with Crippen LogP contribution in [0.4, 0.5) is 0 Å². The van der Waals surface area contributed by atoms with Gasteiger partial charge >= 0.3 is 0 Å². The average Bonchev–Trinajstić information content (AvgIpc) is 3.11. The molecular formula is C19H33N5O2. The molecule has 0 radical (unpaired) electrons. The molecule has 0 bridgehead atoms. The minimum absolute atomic E-state index is 0.0564. The zero-order valence-electron chi connectivity index (χ0n) is 16.5. The fourth-order valence-electron chi connectivity index (χ4n) is 3.16. The van der Waals surface area contributed by atoms with Gasteiger partial charge in [-0.15, -0.1) is 0 Å². The maximum absolute atomic E-state index is 12.0. The lowest BCUT2D eigenvalue weighted by atomic mass is 10.1. The van der Waals surface area contributed by atoms with Crippen LogP contribution < -0.4 is 16.0 Å². The van der Waals surface area contributed by atoms with Gasteiger partial charge in [0, 0.05) is 19.1 Å². The highest BCUT2D eigenvalue weighted by atomic mass is 16.3. The number of guanidine groups is 1. The van der Waals surface area contributed by atoms with Crippen LogP contribution in [0.15, 0.2) is 27.8 Å². The summed E-state index contributed by atoms with van der Waals surface area (Å²) in [5, 5.41) is 9.33. The minimum atomic E-state index is -0.242. The zero-order chi connectivity index (χ0) is 19.0. The number of hydrogen-bond donors (Lipinski definition) is 3. The van der Waals surface area contributed by atoms with Crippen molar-refractivity contribution in [3.8, 4) is 0 Å². The molecule has 1 aromatic rings. The Bertz CT molecular complexity index is 571. The summed E-state index contributed by atoms with van der Waals surface area (Å²) < 4.78 is 5.66. The SMILES string of the molecule is CN=C(NCC(=O)NC(C)(C)C)NCC(c1ccco1)N1CCCCC1. The number of nitrogens with zero attached hydrogens (tertiary/aromatic N) is 2. The Morgan fingerprint density at radius 1 is 1.27 bits per heavy atom. The standard InChI is InChI=1S/C19H33N5O2/c1-19(2,3)23-17(25)14-22-18(20-4)21-13-15(16-9-8-12-26-16)24-10-6-5-7-11-24/h8-9,12,15H,5-7,10-11,13-14H2,1-4H3,(H,23,25)(H2,20,21,22). The summed E-state index contributed by atoms with van der Waals surface area (Å²) >= 11 is 0. The highest BCUT2D eigenvalue weighted by Crippen LogP contribution is 2.24. The van der Waals surface area contributed by atoms with Crippen LogP contribution in [0.25, 0.3) is 0 Å². The third-order valence-corrected chi connectivity index (χ3v) is 4.32. The normalized spacial score (nSPS) is 17.6. The molecule has 7 nitrogen and oxygen atoms in total. The maximum Gasteiger partial charge on any atom is 0.239 e. The number of piperidine rings is 1. The van der Waals surface area contributed by atoms with Crippen molar-refractivity contribution in [3.63, 3.8) is 0 Å². The van der Waals surface area contributed by atoms with Gasteiger partial charge in [-0.3, -0.25) is 14.7 Å². The monoisotopic (exact) mass is 363 g/mol. The van der Waals surface area contributed by atoms with Crippen LogP contribution in [0, 0.1) is 0 Å². The van der Waals surface area contributed by atoms with E-state index in [9.17, 15) is 4.79 Å². The third kappa shape index (κ3) is 6.71. The molecule has 0 aromatic carbocycles. The van der Waals surface area contributed by atoms with Gasteiger partial charge in [0.25, 0.3) is 0 Å². The van der Waals surface area contributed by atoms with E-state index in [1.807, 2.05) is 32.9 Å². The second kappa shape index (κ2) is 9.62. The van der Waals surface area contributed by atoms with Gasteiger partial charge in [-0.25, -0.2) is 0 Å². The van der Waals surface area contributed by atoms with E-state index in [2.05, 4.69) is 25.8 Å². The molecule has 0 saturated carbocycles. The predicted molar refractivity (Wildman–Crippen MR) is 104 cm³/mol. The van der Waals surface area contributed by atoms with Crippen LogP contribution in [-0.2, 0) is 4.79 Å². The van der Waals surface area contributed by atoms with Gasteiger partial charge in [0.15, 0.2) is 5.96 Å². The van der Waals surface area contributed by atoms with Crippen LogP contribution in [0.1, 0.15) is 51.8 Å². The molecule has 26 heavy (non-hydrogen) atoms. The molecular weight excluding hydrogens is 330 g/mol. The summed E-state index contributed by atoms with van der Waals surface area (Å²) in [5.74, 6) is 1.52. The van der Waals surface area contributed by atoms with E-state index in [0.717, 1.165) is 18.8 Å². The topological polar surface area (TPSA) is 81.9 Å². The van der Waals surface area contributed by atoms with Gasteiger partial charge in [-0.2, -0.15) is 0 Å². The number of carbonyl (C=O) groups is 1. The van der Waals surface area contributed by atoms with E-state index in [1.165, 1.54) is 19.3 Å². The molecule has 3 N–H and O–H groups in total. The number of aliphatic imine (C=N–C) groups is 1. The molecule has 0 spiro atoms. The summed E-state index contributed by atoms with van der Waals surface area (Å²) in [7, 11) is 1.71. The lowest BCUT2D eigenvalue weighted by molar-refractivity contribution is -0.121. The average molecular weight is 364 g/mol. The van der Waals surface area contributed by atoms with Crippen molar-refractivity contribution in [2.45, 2.75) is 51.6 Å². The molecule has 1 aromatic heterocycles. The first kappa shape index (κ1) is 20.3. The summed E-state index contributed by atoms with van der Waals surface area (Å²) in [6.07, 6.45) is 5.45. The molecule has 1 aliphatic heterocycles. The highest BCUT2D eigenvalue weighted by molar-refractivity contribution is 5.86. The number of hydrogen-bond acceptors (Lipinski definition) is 4. The molecule has 2 heterocycles. The number of likely N-dealkylation sites (tertiary alicyclic amines) is 1. The predicted octanol–water partition coefficient (Wildman–Crippen LogP) is 1.89. The molecule has 1 aliphatic rings. The van der Waals surface area contributed by atoms with Gasteiger partial charge in [0.1, 0.15) is 5.76 Å². The fraction of sp³-hybridized carbons (Fsp3) is 0.684. The summed E-state index contributed by atoms with van der Waals surface area (Å²) in [4.78, 5) is 18.6. The van der Waals surface area contributed by atoms with E-state index in [-0.39, 0.29) is 24.0 Å². The zero-order valence-corrected chi connectivity index (χ0v) is 16.5. The fourth-order valence-corrected chi connectivity index (χ4v) is 3.16. The second-order valence-corrected chi connectivity index (χ2v) is 7.73. The van der Waals surface area contributed by atoms with Gasteiger partial charge in [0.2, 0.25) is 5.91 Å². The Labute approximate surface area is 156 Å². The minimum Gasteiger partial charge on any atom is -0.468 e. The van der Waals surface area contributed by atoms with Crippen molar-refractivity contribution in [1.29, 1.82) is 0 Å². The Kier molecular flexibility index (Phi) is 7.50. The molecule has 146 valence electrons. The molecule has 1 fully saturated rings. The number of furan rings is 1. The smallest absolute Gasteiger partial charge is 0.239 e. The Hall–Kier alpha value is -2.02. The van der Waals surface area contributed by atoms with E-state index >= 15 is 0 Å². The first-order valence-electron chi connectivity index (χ1n) is 9.42. The van der Waals surface area contributed by atoms with Gasteiger partial charge < -0.3 is 20.4 Å². The van der Waals surface area contributed by atoms with Crippen molar-refractivity contribution in [1.82, 2.24) is 20.9 Å². The van der Waals surface area contributed by atoms with Crippen LogP contribution in [0.3, 0.4) is 0 Å².